The summed E-state index contributed by atoms with van der Waals surface area (Å²) in [5.41, 5.74) is 4.79. The molecule has 2 aromatic rings. The second-order valence-corrected chi connectivity index (χ2v) is 13.6. The van der Waals surface area contributed by atoms with Gasteiger partial charge in [0.05, 0.1) is 11.6 Å². The molecule has 40 heavy (non-hydrogen) atoms. The van der Waals surface area contributed by atoms with Gasteiger partial charge in [0, 0.05) is 53.4 Å². The standard InChI is InChI=1S/C33H37Cl2NO4/c1-7-39-27-13-20(12-22(35)31(27)40-18-19-9-8-10-21(34)11-19)28-29-23(14-32(2,3)16-25(29)37)36(6)24-15-33(4,5)17-26(38)30(24)28/h8-13,28H,7,14-18H2,1-6H3. The first-order chi connectivity index (χ1) is 18.8. The number of ketones is 2. The second kappa shape index (κ2) is 10.6. The van der Waals surface area contributed by atoms with Gasteiger partial charge >= 0.3 is 0 Å². The number of hydrogen-bond acceptors (Lipinski definition) is 5. The molecule has 1 aliphatic heterocycles. The summed E-state index contributed by atoms with van der Waals surface area (Å²) in [5.74, 6) is 0.593. The number of allylic oxidation sites excluding steroid dienone is 4. The van der Waals surface area contributed by atoms with Crippen LogP contribution in [0.3, 0.4) is 0 Å². The third kappa shape index (κ3) is 5.43. The molecule has 5 nitrogen and oxygen atoms in total. The Bertz CT molecular complexity index is 1400. The summed E-state index contributed by atoms with van der Waals surface area (Å²) < 4.78 is 12.2. The minimum atomic E-state index is -0.493. The van der Waals surface area contributed by atoms with Gasteiger partial charge in [-0.3, -0.25) is 9.59 Å². The van der Waals surface area contributed by atoms with Crippen molar-refractivity contribution in [2.75, 3.05) is 13.7 Å². The summed E-state index contributed by atoms with van der Waals surface area (Å²) in [6, 6.07) is 11.2. The molecular formula is C33H37Cl2NO4. The highest BCUT2D eigenvalue weighted by molar-refractivity contribution is 6.32. The van der Waals surface area contributed by atoms with Crippen molar-refractivity contribution in [3.05, 3.63) is 80.1 Å². The van der Waals surface area contributed by atoms with Crippen LogP contribution in [-0.2, 0) is 16.2 Å². The highest BCUT2D eigenvalue weighted by atomic mass is 35.5. The van der Waals surface area contributed by atoms with E-state index in [-0.39, 0.29) is 29.0 Å². The van der Waals surface area contributed by atoms with Gasteiger partial charge in [0.1, 0.15) is 6.61 Å². The summed E-state index contributed by atoms with van der Waals surface area (Å²) in [6.45, 7) is 11.1. The SMILES string of the molecule is CCOc1cc(C2C3=C(CC(C)(C)CC3=O)N(C)C3=C2C(=O)CC(C)(C)C3)cc(Cl)c1OCc1cccc(Cl)c1. The van der Waals surface area contributed by atoms with Gasteiger partial charge in [-0.25, -0.2) is 0 Å². The molecule has 0 unspecified atom stereocenters. The summed E-state index contributed by atoms with van der Waals surface area (Å²) in [4.78, 5) is 29.8. The third-order valence-electron chi connectivity index (χ3n) is 8.12. The Morgan fingerprint density at radius 3 is 2.02 bits per heavy atom. The van der Waals surface area contributed by atoms with Crippen molar-refractivity contribution in [3.8, 4) is 11.5 Å². The van der Waals surface area contributed by atoms with Gasteiger partial charge < -0.3 is 14.4 Å². The zero-order valence-corrected chi connectivity index (χ0v) is 25.6. The summed E-state index contributed by atoms with van der Waals surface area (Å²) in [5, 5.41) is 1.00. The number of nitrogens with zero attached hydrogens (tertiary/aromatic N) is 1. The highest BCUT2D eigenvalue weighted by Gasteiger charge is 2.48. The van der Waals surface area contributed by atoms with E-state index in [1.54, 1.807) is 0 Å². The van der Waals surface area contributed by atoms with E-state index in [1.807, 2.05) is 50.4 Å². The minimum Gasteiger partial charge on any atom is -0.490 e. The van der Waals surface area contributed by atoms with E-state index in [2.05, 4.69) is 32.6 Å². The molecule has 0 atom stereocenters. The fourth-order valence-electron chi connectivity index (χ4n) is 6.44. The van der Waals surface area contributed by atoms with E-state index in [0.29, 0.717) is 52.1 Å². The lowest BCUT2D eigenvalue weighted by atomic mass is 9.63. The summed E-state index contributed by atoms with van der Waals surface area (Å²) in [6.07, 6.45) is 2.40. The molecule has 0 aromatic heterocycles. The van der Waals surface area contributed by atoms with Gasteiger partial charge in [0.2, 0.25) is 0 Å². The van der Waals surface area contributed by atoms with Crippen LogP contribution in [0.15, 0.2) is 58.9 Å². The van der Waals surface area contributed by atoms with E-state index < -0.39 is 5.92 Å². The lowest BCUT2D eigenvalue weighted by Gasteiger charge is -2.48. The van der Waals surface area contributed by atoms with Crippen molar-refractivity contribution < 1.29 is 19.1 Å². The van der Waals surface area contributed by atoms with Crippen LogP contribution in [0.1, 0.15) is 77.3 Å². The van der Waals surface area contributed by atoms with Crippen LogP contribution in [0.5, 0.6) is 11.5 Å². The molecule has 5 rings (SSSR count). The molecule has 0 saturated heterocycles. The van der Waals surface area contributed by atoms with Gasteiger partial charge in [0.25, 0.3) is 0 Å². The largest absolute Gasteiger partial charge is 0.490 e. The van der Waals surface area contributed by atoms with Gasteiger partial charge in [-0.1, -0.05) is 63.0 Å². The molecule has 2 aliphatic carbocycles. The van der Waals surface area contributed by atoms with Crippen LogP contribution in [0.4, 0.5) is 0 Å². The lowest BCUT2D eigenvalue weighted by Crippen LogP contribution is -2.43. The van der Waals surface area contributed by atoms with Crippen LogP contribution < -0.4 is 9.47 Å². The van der Waals surface area contributed by atoms with Gasteiger partial charge in [-0.05, 0) is 66.0 Å². The zero-order valence-electron chi connectivity index (χ0n) is 24.1. The monoisotopic (exact) mass is 581 g/mol. The van der Waals surface area contributed by atoms with E-state index in [9.17, 15) is 9.59 Å². The topological polar surface area (TPSA) is 55.8 Å². The van der Waals surface area contributed by atoms with Crippen LogP contribution in [-0.4, -0.2) is 30.1 Å². The number of hydrogen-bond donors (Lipinski definition) is 0. The van der Waals surface area contributed by atoms with Crippen molar-refractivity contribution in [2.45, 2.75) is 72.8 Å². The molecule has 7 heteroatoms. The van der Waals surface area contributed by atoms with E-state index in [4.69, 9.17) is 32.7 Å². The molecule has 0 amide bonds. The Hall–Kier alpha value is -2.76. The summed E-state index contributed by atoms with van der Waals surface area (Å²) in [7, 11) is 2.01. The van der Waals surface area contributed by atoms with E-state index >= 15 is 0 Å². The number of rotatable bonds is 6. The first kappa shape index (κ1) is 28.8. The number of ether oxygens (including phenoxy) is 2. The molecule has 212 valence electrons. The normalized spacial score (nSPS) is 20.4. The first-order valence-electron chi connectivity index (χ1n) is 13.9. The van der Waals surface area contributed by atoms with E-state index in [0.717, 1.165) is 35.4 Å². The second-order valence-electron chi connectivity index (χ2n) is 12.8. The van der Waals surface area contributed by atoms with Crippen molar-refractivity contribution in [1.82, 2.24) is 4.90 Å². The molecule has 3 aliphatic rings. The lowest BCUT2D eigenvalue weighted by molar-refractivity contribution is -0.119. The fraction of sp³-hybridized carbons (Fsp3) is 0.455. The predicted octanol–water partition coefficient (Wildman–Crippen LogP) is 8.29. The number of benzene rings is 2. The van der Waals surface area contributed by atoms with Crippen molar-refractivity contribution in [2.24, 2.45) is 10.8 Å². The Morgan fingerprint density at radius 1 is 0.875 bits per heavy atom. The molecule has 2 aromatic carbocycles. The predicted molar refractivity (Wildman–Crippen MR) is 159 cm³/mol. The molecule has 0 fully saturated rings. The zero-order chi connectivity index (χ0) is 29.0. The van der Waals surface area contributed by atoms with Crippen LogP contribution in [0, 0.1) is 10.8 Å². The van der Waals surface area contributed by atoms with Crippen molar-refractivity contribution >= 4 is 34.8 Å². The number of carbonyl (C=O) groups is 2. The molecule has 0 N–H and O–H groups in total. The Kier molecular flexibility index (Phi) is 7.60. The maximum atomic E-state index is 13.8. The molecular weight excluding hydrogens is 545 g/mol. The summed E-state index contributed by atoms with van der Waals surface area (Å²) >= 11 is 13.0. The van der Waals surface area contributed by atoms with E-state index in [1.165, 1.54) is 0 Å². The third-order valence-corrected chi connectivity index (χ3v) is 8.63. The maximum Gasteiger partial charge on any atom is 0.180 e. The van der Waals surface area contributed by atoms with Crippen LogP contribution in [0.25, 0.3) is 0 Å². The Morgan fingerprint density at radius 2 is 1.48 bits per heavy atom. The molecule has 0 bridgehead atoms. The fourth-order valence-corrected chi connectivity index (χ4v) is 6.92. The maximum absolute atomic E-state index is 13.8. The van der Waals surface area contributed by atoms with Gasteiger partial charge in [0.15, 0.2) is 23.1 Å². The van der Waals surface area contributed by atoms with Crippen molar-refractivity contribution in [3.63, 3.8) is 0 Å². The highest BCUT2D eigenvalue weighted by Crippen LogP contribution is 2.55. The van der Waals surface area contributed by atoms with Crippen LogP contribution in [0.2, 0.25) is 10.0 Å². The average Bonchev–Trinajstić information content (AvgIpc) is 2.84. The van der Waals surface area contributed by atoms with Crippen LogP contribution >= 0.6 is 23.2 Å². The van der Waals surface area contributed by atoms with Crippen molar-refractivity contribution in [1.29, 1.82) is 0 Å². The number of halogens is 2. The molecule has 0 radical (unpaired) electrons. The van der Waals surface area contributed by atoms with Gasteiger partial charge in [-0.15, -0.1) is 0 Å². The smallest absolute Gasteiger partial charge is 0.180 e. The minimum absolute atomic E-state index is 0.0858. The number of Topliss-reactive ketones (excluding diaryl/α,β-unsaturated/α-hetero) is 2. The Labute approximate surface area is 247 Å². The first-order valence-corrected chi connectivity index (χ1v) is 14.7. The van der Waals surface area contributed by atoms with Gasteiger partial charge in [-0.2, -0.15) is 0 Å². The Balaban J connectivity index is 1.64. The number of carbonyl (C=O) groups excluding carboxylic acids is 2. The average molecular weight is 583 g/mol. The molecule has 1 heterocycles. The molecule has 0 spiro atoms. The quantitative estimate of drug-likeness (QED) is 0.343. The molecule has 0 saturated carbocycles.